The number of nitrogens with one attached hydrogen (secondary N) is 1. The number of hydrogen-bond acceptors (Lipinski definition) is 5. The van der Waals surface area contributed by atoms with Gasteiger partial charge in [-0.05, 0) is 18.4 Å². The van der Waals surface area contributed by atoms with Crippen molar-refractivity contribution in [1.29, 1.82) is 0 Å². The van der Waals surface area contributed by atoms with Crippen LogP contribution in [-0.4, -0.2) is 21.9 Å². The van der Waals surface area contributed by atoms with Crippen LogP contribution in [0.1, 0.15) is 38.1 Å². The number of nitrogen functional groups attached to an aromatic ring is 1. The van der Waals surface area contributed by atoms with Gasteiger partial charge in [0, 0.05) is 6.04 Å². The van der Waals surface area contributed by atoms with E-state index in [0.29, 0.717) is 0 Å². The molecule has 1 atom stereocenters. The van der Waals surface area contributed by atoms with Crippen molar-refractivity contribution in [3.05, 3.63) is 27.9 Å². The van der Waals surface area contributed by atoms with Crippen molar-refractivity contribution in [2.24, 2.45) is 5.41 Å². The normalized spacial score (nSPS) is 12.8. The SMILES string of the molecule is CC(NC(=O)c1cc(N)ncc1[N+](=O)[O-])C(C)(C)C. The fraction of sp³-hybridized carbons (Fsp3) is 0.500. The lowest BCUT2D eigenvalue weighted by molar-refractivity contribution is -0.385. The molecular formula is C12H18N4O3. The highest BCUT2D eigenvalue weighted by Gasteiger charge is 2.26. The van der Waals surface area contributed by atoms with Crippen LogP contribution in [0.15, 0.2) is 12.3 Å². The van der Waals surface area contributed by atoms with Gasteiger partial charge in [0.25, 0.3) is 11.6 Å². The summed E-state index contributed by atoms with van der Waals surface area (Å²) in [5.41, 5.74) is 4.89. The monoisotopic (exact) mass is 266 g/mol. The van der Waals surface area contributed by atoms with Gasteiger partial charge in [-0.25, -0.2) is 4.98 Å². The molecular weight excluding hydrogens is 248 g/mol. The van der Waals surface area contributed by atoms with Gasteiger partial charge in [0.15, 0.2) is 0 Å². The molecule has 7 heteroatoms. The predicted molar refractivity (Wildman–Crippen MR) is 71.7 cm³/mol. The van der Waals surface area contributed by atoms with Gasteiger partial charge in [0.2, 0.25) is 0 Å². The van der Waals surface area contributed by atoms with E-state index in [0.717, 1.165) is 6.20 Å². The second kappa shape index (κ2) is 5.21. The summed E-state index contributed by atoms with van der Waals surface area (Å²) < 4.78 is 0. The summed E-state index contributed by atoms with van der Waals surface area (Å²) in [6.45, 7) is 7.74. The van der Waals surface area contributed by atoms with Crippen molar-refractivity contribution in [2.75, 3.05) is 5.73 Å². The molecule has 0 radical (unpaired) electrons. The Morgan fingerprint density at radius 3 is 2.58 bits per heavy atom. The van der Waals surface area contributed by atoms with Crippen LogP contribution in [0.5, 0.6) is 0 Å². The Morgan fingerprint density at radius 2 is 2.11 bits per heavy atom. The number of aromatic nitrogens is 1. The first-order chi connectivity index (χ1) is 8.62. The minimum absolute atomic E-state index is 0.0687. The van der Waals surface area contributed by atoms with E-state index in [9.17, 15) is 14.9 Å². The number of nitrogens with zero attached hydrogens (tertiary/aromatic N) is 2. The average Bonchev–Trinajstić information content (AvgIpc) is 2.26. The van der Waals surface area contributed by atoms with E-state index in [2.05, 4.69) is 10.3 Å². The van der Waals surface area contributed by atoms with Crippen LogP contribution in [-0.2, 0) is 0 Å². The molecule has 0 aromatic carbocycles. The Hall–Kier alpha value is -2.18. The van der Waals surface area contributed by atoms with Gasteiger partial charge in [-0.2, -0.15) is 0 Å². The third-order valence-corrected chi connectivity index (χ3v) is 2.99. The Kier molecular flexibility index (Phi) is 4.08. The predicted octanol–water partition coefficient (Wildman–Crippen LogP) is 1.74. The first-order valence-electron chi connectivity index (χ1n) is 5.83. The molecule has 0 fully saturated rings. The van der Waals surface area contributed by atoms with Gasteiger partial charge in [-0.15, -0.1) is 0 Å². The van der Waals surface area contributed by atoms with E-state index in [1.807, 2.05) is 27.7 Å². The summed E-state index contributed by atoms with van der Waals surface area (Å²) in [6, 6.07) is 1.07. The van der Waals surface area contributed by atoms with Crippen LogP contribution in [0, 0.1) is 15.5 Å². The highest BCUT2D eigenvalue weighted by Crippen LogP contribution is 2.22. The molecule has 0 bridgehead atoms. The van der Waals surface area contributed by atoms with Crippen LogP contribution in [0.25, 0.3) is 0 Å². The standard InChI is InChI=1S/C12H18N4O3/c1-7(12(2,3)4)15-11(17)8-5-10(13)14-6-9(8)16(18)19/h5-7H,1-4H3,(H2,13,14)(H,15,17). The van der Waals surface area contributed by atoms with Crippen LogP contribution in [0.4, 0.5) is 11.5 Å². The number of pyridine rings is 1. The van der Waals surface area contributed by atoms with Gasteiger partial charge in [0.05, 0.1) is 4.92 Å². The van der Waals surface area contributed by atoms with E-state index in [1.54, 1.807) is 0 Å². The number of nitro groups is 1. The third kappa shape index (κ3) is 3.64. The minimum Gasteiger partial charge on any atom is -0.384 e. The van der Waals surface area contributed by atoms with Crippen molar-refractivity contribution in [3.63, 3.8) is 0 Å². The van der Waals surface area contributed by atoms with Gasteiger partial charge in [0.1, 0.15) is 17.6 Å². The fourth-order valence-corrected chi connectivity index (χ4v) is 1.28. The highest BCUT2D eigenvalue weighted by atomic mass is 16.6. The number of carbonyl (C=O) groups excluding carboxylic acids is 1. The number of rotatable bonds is 3. The number of nitrogens with two attached hydrogens (primary N) is 1. The fourth-order valence-electron chi connectivity index (χ4n) is 1.28. The Bertz CT molecular complexity index is 508. The lowest BCUT2D eigenvalue weighted by Crippen LogP contribution is -2.41. The number of amides is 1. The van der Waals surface area contributed by atoms with Crippen LogP contribution in [0.2, 0.25) is 0 Å². The molecule has 1 aromatic rings. The second-order valence-corrected chi connectivity index (χ2v) is 5.44. The van der Waals surface area contributed by atoms with Gasteiger partial charge in [-0.1, -0.05) is 20.8 Å². The van der Waals surface area contributed by atoms with Gasteiger partial charge < -0.3 is 11.1 Å². The van der Waals surface area contributed by atoms with Crippen LogP contribution in [0.3, 0.4) is 0 Å². The summed E-state index contributed by atoms with van der Waals surface area (Å²) in [6.07, 6.45) is 0.992. The Morgan fingerprint density at radius 1 is 1.53 bits per heavy atom. The maximum absolute atomic E-state index is 12.1. The molecule has 1 amide bonds. The van der Waals surface area contributed by atoms with Gasteiger partial charge >= 0.3 is 0 Å². The summed E-state index contributed by atoms with van der Waals surface area (Å²) in [5.74, 6) is -0.456. The van der Waals surface area contributed by atoms with Crippen molar-refractivity contribution in [3.8, 4) is 0 Å². The Labute approximate surface area is 111 Å². The number of carbonyl (C=O) groups is 1. The zero-order valence-electron chi connectivity index (χ0n) is 11.4. The van der Waals surface area contributed by atoms with Crippen LogP contribution < -0.4 is 11.1 Å². The van der Waals surface area contributed by atoms with Gasteiger partial charge in [-0.3, -0.25) is 14.9 Å². The molecule has 0 saturated heterocycles. The quantitative estimate of drug-likeness (QED) is 0.639. The molecule has 0 aliphatic carbocycles. The molecule has 1 heterocycles. The molecule has 0 spiro atoms. The molecule has 0 saturated carbocycles. The highest BCUT2D eigenvalue weighted by molar-refractivity contribution is 5.98. The molecule has 7 nitrogen and oxygen atoms in total. The zero-order chi connectivity index (χ0) is 14.8. The molecule has 0 aliphatic heterocycles. The summed E-state index contributed by atoms with van der Waals surface area (Å²) in [5, 5.41) is 13.6. The lowest BCUT2D eigenvalue weighted by atomic mass is 9.88. The van der Waals surface area contributed by atoms with Crippen molar-refractivity contribution >= 4 is 17.4 Å². The van der Waals surface area contributed by atoms with E-state index in [1.165, 1.54) is 6.07 Å². The topological polar surface area (TPSA) is 111 Å². The summed E-state index contributed by atoms with van der Waals surface area (Å²) in [4.78, 5) is 25.9. The molecule has 19 heavy (non-hydrogen) atoms. The second-order valence-electron chi connectivity index (χ2n) is 5.44. The molecule has 104 valence electrons. The minimum atomic E-state index is -0.650. The number of hydrogen-bond donors (Lipinski definition) is 2. The Balaban J connectivity index is 3.06. The third-order valence-electron chi connectivity index (χ3n) is 2.99. The molecule has 1 rings (SSSR count). The zero-order valence-corrected chi connectivity index (χ0v) is 11.4. The molecule has 1 unspecified atom stereocenters. The maximum atomic E-state index is 12.1. The molecule has 1 aromatic heterocycles. The maximum Gasteiger partial charge on any atom is 0.300 e. The van der Waals surface area contributed by atoms with E-state index < -0.39 is 10.8 Å². The van der Waals surface area contributed by atoms with Crippen LogP contribution >= 0.6 is 0 Å². The first kappa shape index (κ1) is 14.9. The van der Waals surface area contributed by atoms with E-state index in [-0.39, 0.29) is 28.5 Å². The lowest BCUT2D eigenvalue weighted by Gasteiger charge is -2.28. The summed E-state index contributed by atoms with van der Waals surface area (Å²) >= 11 is 0. The van der Waals surface area contributed by atoms with Crippen molar-refractivity contribution in [2.45, 2.75) is 33.7 Å². The number of anilines is 1. The van der Waals surface area contributed by atoms with E-state index >= 15 is 0 Å². The van der Waals surface area contributed by atoms with Crippen molar-refractivity contribution < 1.29 is 9.72 Å². The van der Waals surface area contributed by atoms with E-state index in [4.69, 9.17) is 5.73 Å². The molecule has 3 N–H and O–H groups in total. The average molecular weight is 266 g/mol. The van der Waals surface area contributed by atoms with Crippen molar-refractivity contribution in [1.82, 2.24) is 10.3 Å². The first-order valence-corrected chi connectivity index (χ1v) is 5.83. The summed E-state index contributed by atoms with van der Waals surface area (Å²) in [7, 11) is 0. The smallest absolute Gasteiger partial charge is 0.300 e. The molecule has 0 aliphatic rings. The largest absolute Gasteiger partial charge is 0.384 e.